The molecule has 1 aliphatic carbocycles. The highest BCUT2D eigenvalue weighted by atomic mass is 32.2. The van der Waals surface area contributed by atoms with E-state index in [0.717, 1.165) is 38.1 Å². The van der Waals surface area contributed by atoms with E-state index in [2.05, 4.69) is 0 Å². The van der Waals surface area contributed by atoms with Gasteiger partial charge in [0.1, 0.15) is 17.4 Å². The van der Waals surface area contributed by atoms with Gasteiger partial charge < -0.3 is 9.47 Å². The lowest BCUT2D eigenvalue weighted by molar-refractivity contribution is -0.140. The Morgan fingerprint density at radius 3 is 2.33 bits per heavy atom. The average Bonchev–Trinajstić information content (AvgIpc) is 3.75. The topological polar surface area (TPSA) is 76.2 Å². The lowest BCUT2D eigenvalue weighted by atomic mass is 9.94. The van der Waals surface area contributed by atoms with E-state index in [1.165, 1.54) is 19.2 Å². The van der Waals surface area contributed by atoms with Crippen LogP contribution in [0.5, 0.6) is 5.75 Å². The summed E-state index contributed by atoms with van der Waals surface area (Å²) >= 11 is 0. The summed E-state index contributed by atoms with van der Waals surface area (Å²) in [7, 11) is -0.684. The molecule has 220 valence electrons. The first kappa shape index (κ1) is 30.2. The number of benzene rings is 2. The van der Waals surface area contributed by atoms with Crippen molar-refractivity contribution in [3.63, 3.8) is 0 Å². The summed E-state index contributed by atoms with van der Waals surface area (Å²) in [4.78, 5) is 14.4. The number of alkyl halides is 3. The van der Waals surface area contributed by atoms with Crippen LogP contribution in [0.4, 0.5) is 22.0 Å². The van der Waals surface area contributed by atoms with Crippen LogP contribution in [0.25, 0.3) is 0 Å². The van der Waals surface area contributed by atoms with Gasteiger partial charge in [-0.2, -0.15) is 13.2 Å². The van der Waals surface area contributed by atoms with E-state index < -0.39 is 46.2 Å². The zero-order valence-corrected chi connectivity index (χ0v) is 22.9. The molecule has 0 bridgehead atoms. The highest BCUT2D eigenvalue weighted by Crippen LogP contribution is 2.45. The van der Waals surface area contributed by atoms with Crippen molar-refractivity contribution in [1.29, 1.82) is 0 Å². The Hall–Kier alpha value is -2.77. The first-order valence-corrected chi connectivity index (χ1v) is 14.0. The Labute approximate surface area is 230 Å². The van der Waals surface area contributed by atoms with E-state index in [1.54, 1.807) is 0 Å². The third-order valence-electron chi connectivity index (χ3n) is 7.46. The smallest absolute Gasteiger partial charge is 0.419 e. The molecule has 4 rings (SSSR count). The second-order valence-corrected chi connectivity index (χ2v) is 11.3. The summed E-state index contributed by atoms with van der Waals surface area (Å²) in [6.45, 7) is 1.49. The monoisotopic (exact) mass is 590 g/mol. The number of hydrogen-bond donors (Lipinski definition) is 1. The molecule has 0 spiro atoms. The van der Waals surface area contributed by atoms with Crippen molar-refractivity contribution in [2.24, 2.45) is 5.92 Å². The van der Waals surface area contributed by atoms with Crippen LogP contribution in [-0.4, -0.2) is 64.0 Å². The standard InChI is InChI=1S/C27H31F5N2O5S/c1-33(40(36)37)26(35)20-12-19(17-3-4-17)25(13-23(20)29)39-14-16-7-9-34(10-8-16)24(15-38-2)18-5-6-22(28)21(11-18)27(30,31)32/h5-6,11-13,16-17,24,40H,3-4,7-10,14-15H2,1-2H3/t24-/m1/s1. The van der Waals surface area contributed by atoms with Crippen LogP contribution in [-0.2, 0) is 21.8 Å². The number of hydrogen-bond acceptors (Lipinski definition) is 6. The summed E-state index contributed by atoms with van der Waals surface area (Å²) < 4.78 is 103. The predicted octanol–water partition coefficient (Wildman–Crippen LogP) is 4.94. The lowest BCUT2D eigenvalue weighted by Gasteiger charge is -2.37. The fourth-order valence-electron chi connectivity index (χ4n) is 5.00. The van der Waals surface area contributed by atoms with Gasteiger partial charge in [0.15, 0.2) is 0 Å². The van der Waals surface area contributed by atoms with Crippen LogP contribution in [0, 0.1) is 17.6 Å². The highest BCUT2D eigenvalue weighted by Gasteiger charge is 2.36. The molecule has 2 aromatic rings. The molecule has 2 aliphatic rings. The number of piperidine rings is 1. The fraction of sp³-hybridized carbons (Fsp3) is 0.519. The highest BCUT2D eigenvalue weighted by molar-refractivity contribution is 7.70. The van der Waals surface area contributed by atoms with Crippen molar-refractivity contribution in [2.45, 2.75) is 43.8 Å². The summed E-state index contributed by atoms with van der Waals surface area (Å²) in [6.07, 6.45) is -1.79. The Balaban J connectivity index is 1.42. The molecule has 40 heavy (non-hydrogen) atoms. The molecule has 0 radical (unpaired) electrons. The van der Waals surface area contributed by atoms with Crippen molar-refractivity contribution in [2.75, 3.05) is 40.5 Å². The van der Waals surface area contributed by atoms with Crippen molar-refractivity contribution in [3.8, 4) is 5.75 Å². The summed E-state index contributed by atoms with van der Waals surface area (Å²) in [6, 6.07) is 5.02. The Morgan fingerprint density at radius 2 is 1.75 bits per heavy atom. The Bertz CT molecular complexity index is 1300. The van der Waals surface area contributed by atoms with Crippen LogP contribution in [0.2, 0.25) is 0 Å². The molecule has 2 fully saturated rings. The minimum atomic E-state index is -4.81. The van der Waals surface area contributed by atoms with Crippen LogP contribution in [0.1, 0.15) is 64.7 Å². The van der Waals surface area contributed by atoms with Crippen LogP contribution < -0.4 is 4.74 Å². The average molecular weight is 591 g/mol. The molecular weight excluding hydrogens is 559 g/mol. The third-order valence-corrected chi connectivity index (χ3v) is 8.13. The normalized spacial score (nSPS) is 17.7. The molecule has 1 saturated heterocycles. The molecule has 0 aromatic heterocycles. The van der Waals surface area contributed by atoms with E-state index in [0.29, 0.717) is 47.1 Å². The van der Waals surface area contributed by atoms with Gasteiger partial charge in [-0.25, -0.2) is 21.5 Å². The van der Waals surface area contributed by atoms with Gasteiger partial charge in [-0.15, -0.1) is 0 Å². The fourth-order valence-corrected chi connectivity index (χ4v) is 5.26. The summed E-state index contributed by atoms with van der Waals surface area (Å²) in [5.41, 5.74) is -0.664. The van der Waals surface area contributed by atoms with E-state index in [4.69, 9.17) is 9.47 Å². The number of carbonyl (C=O) groups excluding carboxylic acids is 1. The molecule has 1 amide bonds. The summed E-state index contributed by atoms with van der Waals surface area (Å²) in [5, 5.41) is 0. The Kier molecular flexibility index (Phi) is 9.36. The number of nitrogens with zero attached hydrogens (tertiary/aromatic N) is 2. The zero-order valence-electron chi connectivity index (χ0n) is 22.0. The lowest BCUT2D eigenvalue weighted by Crippen LogP contribution is -2.40. The molecule has 2 aromatic carbocycles. The quantitative estimate of drug-likeness (QED) is 0.312. The number of methoxy groups -OCH3 is 1. The molecule has 13 heteroatoms. The maximum atomic E-state index is 14.8. The van der Waals surface area contributed by atoms with Gasteiger partial charge in [-0.05, 0) is 79.9 Å². The maximum absolute atomic E-state index is 14.8. The van der Waals surface area contributed by atoms with Gasteiger partial charge in [-0.3, -0.25) is 9.69 Å². The number of carbonyl (C=O) groups is 1. The van der Waals surface area contributed by atoms with Crippen LogP contribution >= 0.6 is 0 Å². The SMILES string of the molecule is COC[C@H](c1ccc(F)c(C(F)(F)F)c1)N1CCC(COc2cc(F)c(C(=O)N(C)[SH](=O)=O)cc2C2CC2)CC1. The minimum absolute atomic E-state index is 0.0884. The van der Waals surface area contributed by atoms with Gasteiger partial charge in [0, 0.05) is 20.2 Å². The van der Waals surface area contributed by atoms with Gasteiger partial charge in [0.05, 0.1) is 30.4 Å². The van der Waals surface area contributed by atoms with Crippen molar-refractivity contribution in [1.82, 2.24) is 9.21 Å². The predicted molar refractivity (Wildman–Crippen MR) is 137 cm³/mol. The molecular formula is C27H31F5N2O5S. The molecule has 1 atom stereocenters. The summed E-state index contributed by atoms with van der Waals surface area (Å²) in [5.74, 6) is -2.65. The number of likely N-dealkylation sites (tertiary alicyclic amines) is 1. The molecule has 1 saturated carbocycles. The maximum Gasteiger partial charge on any atom is 0.419 e. The van der Waals surface area contributed by atoms with Crippen molar-refractivity contribution < 1.29 is 44.6 Å². The van der Waals surface area contributed by atoms with E-state index in [1.807, 2.05) is 4.90 Å². The number of rotatable bonds is 10. The number of amides is 1. The van der Waals surface area contributed by atoms with Gasteiger partial charge in [-0.1, -0.05) is 6.07 Å². The molecule has 0 unspecified atom stereocenters. The number of thiol groups is 1. The number of ether oxygens (including phenoxy) is 2. The molecule has 7 nitrogen and oxygen atoms in total. The minimum Gasteiger partial charge on any atom is -0.493 e. The second-order valence-electron chi connectivity index (χ2n) is 10.2. The number of halogens is 5. The first-order chi connectivity index (χ1) is 18.9. The molecule has 1 heterocycles. The zero-order chi connectivity index (χ0) is 29.2. The van der Waals surface area contributed by atoms with Crippen LogP contribution in [0.15, 0.2) is 30.3 Å². The molecule has 0 N–H and O–H groups in total. The van der Waals surface area contributed by atoms with E-state index in [-0.39, 0.29) is 30.6 Å². The third kappa shape index (κ3) is 6.92. The van der Waals surface area contributed by atoms with Crippen molar-refractivity contribution in [3.05, 3.63) is 64.2 Å². The second kappa shape index (κ2) is 12.4. The van der Waals surface area contributed by atoms with Gasteiger partial charge in [0.2, 0.25) is 10.9 Å². The Morgan fingerprint density at radius 1 is 1.07 bits per heavy atom. The van der Waals surface area contributed by atoms with E-state index >= 15 is 0 Å². The van der Waals surface area contributed by atoms with Crippen molar-refractivity contribution >= 4 is 16.8 Å². The van der Waals surface area contributed by atoms with Gasteiger partial charge >= 0.3 is 6.18 Å². The molecule has 1 aliphatic heterocycles. The van der Waals surface area contributed by atoms with Gasteiger partial charge in [0.25, 0.3) is 5.91 Å². The largest absolute Gasteiger partial charge is 0.493 e. The van der Waals surface area contributed by atoms with E-state index in [9.17, 15) is 35.2 Å². The van der Waals surface area contributed by atoms with Crippen LogP contribution in [0.3, 0.4) is 0 Å². The first-order valence-electron chi connectivity index (χ1n) is 12.9.